The average Bonchev–Trinajstić information content (AvgIpc) is 2.88. The van der Waals surface area contributed by atoms with Crippen LogP contribution in [0.4, 0.5) is 6.01 Å². The smallest absolute Gasteiger partial charge is 0.315 e. The van der Waals surface area contributed by atoms with E-state index in [-0.39, 0.29) is 0 Å². The van der Waals surface area contributed by atoms with Gasteiger partial charge in [-0.25, -0.2) is 0 Å². The van der Waals surface area contributed by atoms with Crippen LogP contribution in [0.25, 0.3) is 11.5 Å². The van der Waals surface area contributed by atoms with E-state index in [1.165, 1.54) is 0 Å². The zero-order chi connectivity index (χ0) is 12.8. The summed E-state index contributed by atoms with van der Waals surface area (Å²) in [5, 5.41) is 10.8. The Balaban J connectivity index is 2.04. The number of rotatable bonds is 6. The molecule has 3 N–H and O–H groups in total. The highest BCUT2D eigenvalue weighted by Gasteiger charge is 2.07. The van der Waals surface area contributed by atoms with Crippen LogP contribution < -0.4 is 11.1 Å². The second-order valence-corrected chi connectivity index (χ2v) is 3.73. The van der Waals surface area contributed by atoms with Crippen LogP contribution in [-0.4, -0.2) is 30.5 Å². The van der Waals surface area contributed by atoms with Crippen molar-refractivity contribution >= 4 is 6.01 Å². The van der Waals surface area contributed by atoms with Crippen molar-refractivity contribution in [2.75, 3.05) is 25.6 Å². The van der Waals surface area contributed by atoms with Crippen LogP contribution in [0.3, 0.4) is 0 Å². The summed E-state index contributed by atoms with van der Waals surface area (Å²) in [5.74, 6) is 0.485. The normalized spacial score (nSPS) is 10.6. The van der Waals surface area contributed by atoms with Gasteiger partial charge in [-0.05, 0) is 17.7 Å². The third kappa shape index (κ3) is 3.06. The third-order valence-electron chi connectivity index (χ3n) is 2.44. The molecule has 0 atom stereocenters. The molecule has 1 aromatic carbocycles. The first-order valence-electron chi connectivity index (χ1n) is 5.69. The molecule has 96 valence electrons. The maximum atomic E-state index is 5.54. The maximum Gasteiger partial charge on any atom is 0.315 e. The van der Waals surface area contributed by atoms with Crippen molar-refractivity contribution in [2.45, 2.75) is 6.54 Å². The molecule has 0 unspecified atom stereocenters. The number of nitrogens with one attached hydrogen (secondary N) is 1. The molecule has 1 aromatic heterocycles. The van der Waals surface area contributed by atoms with E-state index in [1.807, 2.05) is 24.3 Å². The van der Waals surface area contributed by atoms with Gasteiger partial charge in [-0.3, -0.25) is 0 Å². The number of nitrogens with two attached hydrogens (primary N) is 1. The van der Waals surface area contributed by atoms with Crippen LogP contribution >= 0.6 is 0 Å². The first-order valence-corrected chi connectivity index (χ1v) is 5.69. The molecule has 0 bridgehead atoms. The van der Waals surface area contributed by atoms with Gasteiger partial charge in [0.25, 0.3) is 0 Å². The van der Waals surface area contributed by atoms with E-state index >= 15 is 0 Å². The van der Waals surface area contributed by atoms with Crippen molar-refractivity contribution in [1.82, 2.24) is 10.2 Å². The number of nitrogens with zero attached hydrogens (tertiary/aromatic N) is 2. The number of anilines is 1. The molecule has 0 aliphatic rings. The molecule has 0 amide bonds. The fourth-order valence-corrected chi connectivity index (χ4v) is 1.45. The van der Waals surface area contributed by atoms with E-state index in [0.717, 1.165) is 11.1 Å². The highest BCUT2D eigenvalue weighted by molar-refractivity contribution is 5.53. The van der Waals surface area contributed by atoms with Crippen LogP contribution in [0.1, 0.15) is 5.56 Å². The summed E-state index contributed by atoms with van der Waals surface area (Å²) < 4.78 is 10.4. The second kappa shape index (κ2) is 6.13. The molecule has 2 rings (SSSR count). The second-order valence-electron chi connectivity index (χ2n) is 3.73. The lowest BCUT2D eigenvalue weighted by Crippen LogP contribution is -2.07. The summed E-state index contributed by atoms with van der Waals surface area (Å²) in [6.45, 7) is 1.74. The average molecular weight is 248 g/mol. The van der Waals surface area contributed by atoms with Gasteiger partial charge in [-0.2, -0.15) is 0 Å². The molecule has 0 aliphatic heterocycles. The molecular weight excluding hydrogens is 232 g/mol. The SMILES string of the molecule is COCCNc1nnc(-c2ccc(CN)cc2)o1. The monoisotopic (exact) mass is 248 g/mol. The Labute approximate surface area is 105 Å². The molecule has 1 heterocycles. The lowest BCUT2D eigenvalue weighted by atomic mass is 10.1. The predicted octanol–water partition coefficient (Wildman–Crippen LogP) is 1.25. The Morgan fingerprint density at radius 3 is 2.72 bits per heavy atom. The van der Waals surface area contributed by atoms with E-state index in [0.29, 0.717) is 31.6 Å². The Hall–Kier alpha value is -1.92. The zero-order valence-electron chi connectivity index (χ0n) is 10.2. The van der Waals surface area contributed by atoms with Crippen molar-refractivity contribution in [3.8, 4) is 11.5 Å². The van der Waals surface area contributed by atoms with Crippen LogP contribution in [0, 0.1) is 0 Å². The minimum atomic E-state index is 0.393. The quantitative estimate of drug-likeness (QED) is 0.748. The summed E-state index contributed by atoms with van der Waals surface area (Å²) >= 11 is 0. The lowest BCUT2D eigenvalue weighted by molar-refractivity contribution is 0.210. The van der Waals surface area contributed by atoms with Gasteiger partial charge < -0.3 is 20.2 Å². The summed E-state index contributed by atoms with van der Waals surface area (Å²) in [5.41, 5.74) is 7.48. The van der Waals surface area contributed by atoms with Crippen molar-refractivity contribution in [1.29, 1.82) is 0 Å². The van der Waals surface area contributed by atoms with E-state index < -0.39 is 0 Å². The summed E-state index contributed by atoms with van der Waals surface area (Å²) in [4.78, 5) is 0. The number of aromatic nitrogens is 2. The topological polar surface area (TPSA) is 86.2 Å². The van der Waals surface area contributed by atoms with Gasteiger partial charge in [-0.1, -0.05) is 17.2 Å². The lowest BCUT2D eigenvalue weighted by Gasteiger charge is -1.99. The minimum absolute atomic E-state index is 0.393. The van der Waals surface area contributed by atoms with Crippen molar-refractivity contribution in [3.63, 3.8) is 0 Å². The number of methoxy groups -OCH3 is 1. The Kier molecular flexibility index (Phi) is 4.27. The van der Waals surface area contributed by atoms with Crippen LogP contribution in [0.15, 0.2) is 28.7 Å². The molecule has 0 saturated heterocycles. The number of benzene rings is 1. The predicted molar refractivity (Wildman–Crippen MR) is 68.0 cm³/mol. The van der Waals surface area contributed by atoms with Crippen molar-refractivity contribution in [3.05, 3.63) is 29.8 Å². The fraction of sp³-hybridized carbons (Fsp3) is 0.333. The third-order valence-corrected chi connectivity index (χ3v) is 2.44. The molecule has 0 radical (unpaired) electrons. The fourth-order valence-electron chi connectivity index (χ4n) is 1.45. The Morgan fingerprint density at radius 1 is 1.28 bits per heavy atom. The van der Waals surface area contributed by atoms with Crippen molar-refractivity contribution < 1.29 is 9.15 Å². The largest absolute Gasteiger partial charge is 0.403 e. The molecular formula is C12H16N4O2. The zero-order valence-corrected chi connectivity index (χ0v) is 10.2. The van der Waals surface area contributed by atoms with Gasteiger partial charge >= 0.3 is 6.01 Å². The molecule has 2 aromatic rings. The number of hydrogen-bond donors (Lipinski definition) is 2. The van der Waals surface area contributed by atoms with Crippen LogP contribution in [-0.2, 0) is 11.3 Å². The molecule has 18 heavy (non-hydrogen) atoms. The van der Waals surface area contributed by atoms with Gasteiger partial charge in [0.15, 0.2) is 0 Å². The van der Waals surface area contributed by atoms with Crippen LogP contribution in [0.5, 0.6) is 0 Å². The first-order chi connectivity index (χ1) is 8.83. The highest BCUT2D eigenvalue weighted by Crippen LogP contribution is 2.19. The maximum absolute atomic E-state index is 5.54. The minimum Gasteiger partial charge on any atom is -0.403 e. The number of ether oxygens (including phenoxy) is 1. The van der Waals surface area contributed by atoms with Crippen molar-refractivity contribution in [2.24, 2.45) is 5.73 Å². The van der Waals surface area contributed by atoms with E-state index in [1.54, 1.807) is 7.11 Å². The molecule has 0 aliphatic carbocycles. The van der Waals surface area contributed by atoms with Gasteiger partial charge in [0.2, 0.25) is 5.89 Å². The van der Waals surface area contributed by atoms with E-state index in [4.69, 9.17) is 14.9 Å². The summed E-state index contributed by atoms with van der Waals surface area (Å²) in [6.07, 6.45) is 0. The Bertz CT molecular complexity index is 481. The van der Waals surface area contributed by atoms with Gasteiger partial charge in [0, 0.05) is 25.8 Å². The first kappa shape index (κ1) is 12.5. The highest BCUT2D eigenvalue weighted by atomic mass is 16.5. The van der Waals surface area contributed by atoms with Crippen LogP contribution in [0.2, 0.25) is 0 Å². The Morgan fingerprint density at radius 2 is 2.06 bits per heavy atom. The van der Waals surface area contributed by atoms with E-state index in [9.17, 15) is 0 Å². The van der Waals surface area contributed by atoms with Gasteiger partial charge in [0.05, 0.1) is 6.61 Å². The van der Waals surface area contributed by atoms with E-state index in [2.05, 4.69) is 15.5 Å². The summed E-state index contributed by atoms with van der Waals surface area (Å²) in [6, 6.07) is 8.10. The molecule has 0 fully saturated rings. The molecule has 0 saturated carbocycles. The molecule has 6 heteroatoms. The number of hydrogen-bond acceptors (Lipinski definition) is 6. The van der Waals surface area contributed by atoms with Gasteiger partial charge in [0.1, 0.15) is 0 Å². The van der Waals surface area contributed by atoms with Gasteiger partial charge in [-0.15, -0.1) is 5.10 Å². The molecule has 0 spiro atoms. The molecule has 6 nitrogen and oxygen atoms in total. The standard InChI is InChI=1S/C12H16N4O2/c1-17-7-6-14-12-16-15-11(18-12)10-4-2-9(8-13)3-5-10/h2-5H,6-8,13H2,1H3,(H,14,16). The summed E-state index contributed by atoms with van der Waals surface area (Å²) in [7, 11) is 1.64.